The Balaban J connectivity index is 2.71. The smallest absolute Gasteiger partial charge is 0.179 e. The zero-order chi connectivity index (χ0) is 14.2. The van der Waals surface area contributed by atoms with Gasteiger partial charge in [-0.15, -0.1) is 0 Å². The Morgan fingerprint density at radius 3 is 2.42 bits per heavy atom. The van der Waals surface area contributed by atoms with Crippen LogP contribution in [-0.4, -0.2) is 24.0 Å². The number of rotatable bonds is 3. The highest BCUT2D eigenvalue weighted by Crippen LogP contribution is 2.43. The molecular weight excluding hydrogens is 266 g/mol. The van der Waals surface area contributed by atoms with Crippen LogP contribution in [0, 0.1) is 6.92 Å². The third-order valence-electron chi connectivity index (χ3n) is 3.13. The van der Waals surface area contributed by atoms with Crippen molar-refractivity contribution in [2.24, 2.45) is 7.05 Å². The van der Waals surface area contributed by atoms with E-state index in [0.29, 0.717) is 22.3 Å². The van der Waals surface area contributed by atoms with E-state index >= 15 is 0 Å². The van der Waals surface area contributed by atoms with Crippen molar-refractivity contribution in [3.8, 4) is 22.6 Å². The van der Waals surface area contributed by atoms with Crippen LogP contribution in [0.4, 0.5) is 5.82 Å². The summed E-state index contributed by atoms with van der Waals surface area (Å²) in [5.74, 6) is 1.66. The second kappa shape index (κ2) is 5.01. The summed E-state index contributed by atoms with van der Waals surface area (Å²) in [7, 11) is 4.91. The summed E-state index contributed by atoms with van der Waals surface area (Å²) in [5.41, 5.74) is 8.58. The Morgan fingerprint density at radius 2 is 1.95 bits per heavy atom. The largest absolute Gasteiger partial charge is 0.493 e. The number of ether oxygens (including phenoxy) is 2. The number of methoxy groups -OCH3 is 2. The van der Waals surface area contributed by atoms with Crippen molar-refractivity contribution in [2.75, 3.05) is 20.0 Å². The molecule has 5 nitrogen and oxygen atoms in total. The maximum Gasteiger partial charge on any atom is 0.179 e. The van der Waals surface area contributed by atoms with Crippen molar-refractivity contribution < 1.29 is 9.47 Å². The van der Waals surface area contributed by atoms with Gasteiger partial charge in [-0.3, -0.25) is 4.68 Å². The standard InChI is InChI=1S/C13H16ClN3O2/c1-7-8(9-6-16-17(2)13(9)15)5-10(18-3)12(19-4)11(7)14/h5-6H,15H2,1-4H3. The molecule has 0 bridgehead atoms. The minimum Gasteiger partial charge on any atom is -0.493 e. The fraction of sp³-hybridized carbons (Fsp3) is 0.308. The van der Waals surface area contributed by atoms with Gasteiger partial charge in [0.2, 0.25) is 0 Å². The third-order valence-corrected chi connectivity index (χ3v) is 3.59. The molecule has 2 aromatic rings. The summed E-state index contributed by atoms with van der Waals surface area (Å²) < 4.78 is 12.2. The van der Waals surface area contributed by atoms with Crippen molar-refractivity contribution in [2.45, 2.75) is 6.92 Å². The second-order valence-electron chi connectivity index (χ2n) is 4.17. The number of nitrogens with two attached hydrogens (primary N) is 1. The molecule has 2 N–H and O–H groups in total. The van der Waals surface area contributed by atoms with E-state index in [2.05, 4.69) is 5.10 Å². The van der Waals surface area contributed by atoms with E-state index < -0.39 is 0 Å². The lowest BCUT2D eigenvalue weighted by Gasteiger charge is -2.15. The first kappa shape index (κ1) is 13.5. The molecular formula is C13H16ClN3O2. The van der Waals surface area contributed by atoms with Crippen LogP contribution in [0.3, 0.4) is 0 Å². The van der Waals surface area contributed by atoms with Gasteiger partial charge in [0, 0.05) is 12.6 Å². The number of benzene rings is 1. The van der Waals surface area contributed by atoms with E-state index in [1.54, 1.807) is 32.1 Å². The molecule has 0 spiro atoms. The van der Waals surface area contributed by atoms with Gasteiger partial charge in [0.05, 0.1) is 25.4 Å². The summed E-state index contributed by atoms with van der Waals surface area (Å²) in [4.78, 5) is 0. The first-order valence-electron chi connectivity index (χ1n) is 5.70. The van der Waals surface area contributed by atoms with Crippen molar-refractivity contribution in [1.82, 2.24) is 9.78 Å². The Hall–Kier alpha value is -1.88. The average Bonchev–Trinajstić information content (AvgIpc) is 2.73. The van der Waals surface area contributed by atoms with Crippen molar-refractivity contribution in [1.29, 1.82) is 0 Å². The quantitative estimate of drug-likeness (QED) is 0.939. The van der Waals surface area contributed by atoms with Gasteiger partial charge in [0.15, 0.2) is 11.5 Å². The molecule has 0 amide bonds. The number of aryl methyl sites for hydroxylation is 1. The van der Waals surface area contributed by atoms with Crippen molar-refractivity contribution in [3.05, 3.63) is 22.8 Å². The Kier molecular flexibility index (Phi) is 3.57. The van der Waals surface area contributed by atoms with Gasteiger partial charge >= 0.3 is 0 Å². The van der Waals surface area contributed by atoms with Crippen LogP contribution in [0.5, 0.6) is 11.5 Å². The van der Waals surface area contributed by atoms with E-state index in [-0.39, 0.29) is 0 Å². The topological polar surface area (TPSA) is 62.3 Å². The molecule has 0 saturated heterocycles. The molecule has 1 aromatic heterocycles. The van der Waals surface area contributed by atoms with Gasteiger partial charge < -0.3 is 15.2 Å². The number of nitrogen functional groups attached to an aromatic ring is 1. The number of hydrogen-bond acceptors (Lipinski definition) is 4. The van der Waals surface area contributed by atoms with Crippen LogP contribution in [0.25, 0.3) is 11.1 Å². The summed E-state index contributed by atoms with van der Waals surface area (Å²) in [6, 6.07) is 1.85. The summed E-state index contributed by atoms with van der Waals surface area (Å²) >= 11 is 6.32. The monoisotopic (exact) mass is 281 g/mol. The minimum absolute atomic E-state index is 0.514. The molecule has 6 heteroatoms. The number of nitrogens with zero attached hydrogens (tertiary/aromatic N) is 2. The Bertz CT molecular complexity index is 623. The molecule has 0 radical (unpaired) electrons. The summed E-state index contributed by atoms with van der Waals surface area (Å²) in [6.45, 7) is 1.91. The molecule has 0 atom stereocenters. The first-order valence-corrected chi connectivity index (χ1v) is 6.08. The van der Waals surface area contributed by atoms with Crippen LogP contribution in [0.15, 0.2) is 12.3 Å². The molecule has 1 heterocycles. The van der Waals surface area contributed by atoms with Crippen molar-refractivity contribution in [3.63, 3.8) is 0 Å². The van der Waals surface area contributed by atoms with Gasteiger partial charge in [-0.2, -0.15) is 5.10 Å². The number of halogens is 1. The molecule has 0 aliphatic heterocycles. The zero-order valence-corrected chi connectivity index (χ0v) is 12.1. The van der Waals surface area contributed by atoms with Gasteiger partial charge in [-0.25, -0.2) is 0 Å². The normalized spacial score (nSPS) is 10.6. The predicted octanol–water partition coefficient (Wildman–Crippen LogP) is 2.65. The average molecular weight is 282 g/mol. The van der Waals surface area contributed by atoms with E-state index in [0.717, 1.165) is 16.7 Å². The lowest BCUT2D eigenvalue weighted by Crippen LogP contribution is -1.99. The van der Waals surface area contributed by atoms with Crippen LogP contribution in [0.2, 0.25) is 5.02 Å². The molecule has 0 saturated carbocycles. The van der Waals surface area contributed by atoms with E-state index in [1.807, 2.05) is 13.0 Å². The maximum absolute atomic E-state index is 6.32. The lowest BCUT2D eigenvalue weighted by molar-refractivity contribution is 0.355. The molecule has 0 fully saturated rings. The fourth-order valence-electron chi connectivity index (χ4n) is 1.98. The van der Waals surface area contributed by atoms with E-state index in [4.69, 9.17) is 26.8 Å². The molecule has 2 rings (SSSR count). The third kappa shape index (κ3) is 2.10. The molecule has 1 aromatic carbocycles. The van der Waals surface area contributed by atoms with Crippen LogP contribution in [-0.2, 0) is 7.05 Å². The highest BCUT2D eigenvalue weighted by atomic mass is 35.5. The lowest BCUT2D eigenvalue weighted by atomic mass is 10.0. The Labute approximate surface area is 116 Å². The molecule has 0 unspecified atom stereocenters. The van der Waals surface area contributed by atoms with E-state index in [9.17, 15) is 0 Å². The SMILES string of the molecule is COc1cc(-c2cnn(C)c2N)c(C)c(Cl)c1OC. The van der Waals surface area contributed by atoms with Crippen LogP contribution >= 0.6 is 11.6 Å². The van der Waals surface area contributed by atoms with Gasteiger partial charge in [0.25, 0.3) is 0 Å². The minimum atomic E-state index is 0.514. The molecule has 102 valence electrons. The summed E-state index contributed by atoms with van der Waals surface area (Å²) in [5, 5.41) is 4.65. The van der Waals surface area contributed by atoms with Gasteiger partial charge in [-0.05, 0) is 24.1 Å². The molecule has 19 heavy (non-hydrogen) atoms. The highest BCUT2D eigenvalue weighted by molar-refractivity contribution is 6.33. The van der Waals surface area contributed by atoms with E-state index in [1.165, 1.54) is 0 Å². The fourth-order valence-corrected chi connectivity index (χ4v) is 2.25. The maximum atomic E-state index is 6.32. The van der Waals surface area contributed by atoms with Crippen molar-refractivity contribution >= 4 is 17.4 Å². The number of anilines is 1. The molecule has 0 aliphatic carbocycles. The zero-order valence-electron chi connectivity index (χ0n) is 11.3. The Morgan fingerprint density at radius 1 is 1.26 bits per heavy atom. The highest BCUT2D eigenvalue weighted by Gasteiger charge is 2.19. The van der Waals surface area contributed by atoms with Gasteiger partial charge in [0.1, 0.15) is 5.82 Å². The number of aromatic nitrogens is 2. The predicted molar refractivity (Wildman–Crippen MR) is 75.9 cm³/mol. The van der Waals surface area contributed by atoms with Gasteiger partial charge in [-0.1, -0.05) is 11.6 Å². The van der Waals surface area contributed by atoms with Crippen LogP contribution in [0.1, 0.15) is 5.56 Å². The number of hydrogen-bond donors (Lipinski definition) is 1. The second-order valence-corrected chi connectivity index (χ2v) is 4.54. The molecule has 0 aliphatic rings. The van der Waals surface area contributed by atoms with Crippen LogP contribution < -0.4 is 15.2 Å². The summed E-state index contributed by atoms with van der Waals surface area (Å²) in [6.07, 6.45) is 1.71. The first-order chi connectivity index (χ1) is 9.01.